The van der Waals surface area contributed by atoms with Crippen LogP contribution in [0.5, 0.6) is 5.75 Å². The van der Waals surface area contributed by atoms with Gasteiger partial charge in [0.05, 0.1) is 6.10 Å². The van der Waals surface area contributed by atoms with Gasteiger partial charge in [-0.3, -0.25) is 9.69 Å². The molecule has 1 unspecified atom stereocenters. The normalized spacial score (nSPS) is 24.7. The van der Waals surface area contributed by atoms with Crippen LogP contribution >= 0.6 is 0 Å². The third kappa shape index (κ3) is 5.99. The maximum Gasteiger partial charge on any atom is 0.420 e. The largest absolute Gasteiger partial charge is 0.490 e. The lowest BCUT2D eigenvalue weighted by Crippen LogP contribution is -2.35. The Morgan fingerprint density at radius 2 is 1.85 bits per heavy atom. The van der Waals surface area contributed by atoms with Crippen molar-refractivity contribution in [2.75, 3.05) is 13.1 Å². The van der Waals surface area contributed by atoms with E-state index < -0.39 is 17.7 Å². The van der Waals surface area contributed by atoms with Crippen molar-refractivity contribution < 1.29 is 27.8 Å². The molecule has 1 atom stereocenters. The first-order chi connectivity index (χ1) is 15.7. The van der Waals surface area contributed by atoms with Gasteiger partial charge in [-0.05, 0) is 85.4 Å². The van der Waals surface area contributed by atoms with E-state index in [9.17, 15) is 18.0 Å². The fourth-order valence-electron chi connectivity index (χ4n) is 5.33. The first-order valence-electron chi connectivity index (χ1n) is 11.9. The van der Waals surface area contributed by atoms with Crippen LogP contribution in [0.25, 0.3) is 10.8 Å². The van der Waals surface area contributed by atoms with E-state index in [0.717, 1.165) is 50.6 Å². The minimum Gasteiger partial charge on any atom is -0.490 e. The summed E-state index contributed by atoms with van der Waals surface area (Å²) < 4.78 is 48.6. The van der Waals surface area contributed by atoms with E-state index in [1.807, 2.05) is 6.07 Å². The molecule has 0 aromatic heterocycles. The predicted octanol–water partition coefficient (Wildman–Crippen LogP) is 6.50. The van der Waals surface area contributed by atoms with Gasteiger partial charge in [0.2, 0.25) is 0 Å². The second-order valence-electron chi connectivity index (χ2n) is 9.83. The molecule has 2 aromatic rings. The number of carboxylic acids is 1. The predicted molar refractivity (Wildman–Crippen MR) is 121 cm³/mol. The molecular weight excluding hydrogens is 431 g/mol. The van der Waals surface area contributed by atoms with E-state index in [1.54, 1.807) is 18.2 Å². The van der Waals surface area contributed by atoms with Crippen LogP contribution in [-0.4, -0.2) is 35.2 Å². The number of hydrogen-bond donors (Lipinski definition) is 1. The third-order valence-corrected chi connectivity index (χ3v) is 7.06. The maximum absolute atomic E-state index is 14.2. The molecule has 180 valence electrons. The van der Waals surface area contributed by atoms with Crippen LogP contribution in [0.4, 0.5) is 13.2 Å². The number of halogens is 3. The van der Waals surface area contributed by atoms with E-state index in [0.29, 0.717) is 24.4 Å². The molecular formula is C26H32F3NO3. The number of carboxylic acid groups (broad SMARTS) is 1. The highest BCUT2D eigenvalue weighted by molar-refractivity contribution is 5.89. The molecule has 2 aromatic carbocycles. The molecule has 1 N–H and O–H groups in total. The molecule has 1 saturated carbocycles. The summed E-state index contributed by atoms with van der Waals surface area (Å²) in [5.41, 5.74) is 0.107. The highest BCUT2D eigenvalue weighted by Gasteiger charge is 2.37. The number of rotatable bonds is 6. The Labute approximate surface area is 192 Å². The molecule has 7 heteroatoms. The van der Waals surface area contributed by atoms with E-state index in [-0.39, 0.29) is 29.6 Å². The summed E-state index contributed by atoms with van der Waals surface area (Å²) in [5, 5.41) is 9.79. The summed E-state index contributed by atoms with van der Waals surface area (Å²) in [7, 11) is 0. The summed E-state index contributed by atoms with van der Waals surface area (Å²) in [6.45, 7) is 4.15. The number of likely N-dealkylation sites (tertiary alicyclic amines) is 1. The molecule has 4 nitrogen and oxygen atoms in total. The van der Waals surface area contributed by atoms with Gasteiger partial charge in [-0.2, -0.15) is 13.2 Å². The summed E-state index contributed by atoms with van der Waals surface area (Å²) in [4.78, 5) is 13.2. The summed E-state index contributed by atoms with van der Waals surface area (Å²) in [6.07, 6.45) is 0.718. The summed E-state index contributed by atoms with van der Waals surface area (Å²) in [5.74, 6) is -0.204. The lowest BCUT2D eigenvalue weighted by atomic mass is 9.89. The van der Waals surface area contributed by atoms with Gasteiger partial charge in [-0.25, -0.2) is 0 Å². The molecule has 0 spiro atoms. The Balaban J connectivity index is 1.59. The zero-order valence-electron chi connectivity index (χ0n) is 19.0. The zero-order chi connectivity index (χ0) is 23.6. The molecule has 1 saturated heterocycles. The summed E-state index contributed by atoms with van der Waals surface area (Å²) >= 11 is 0. The van der Waals surface area contributed by atoms with Crippen LogP contribution in [-0.2, 0) is 17.5 Å². The van der Waals surface area contributed by atoms with Gasteiger partial charge in [-0.15, -0.1) is 0 Å². The second-order valence-corrected chi connectivity index (χ2v) is 9.83. The number of aliphatic carboxylic acids is 1. The topological polar surface area (TPSA) is 49.8 Å². The number of piperidine rings is 1. The molecule has 1 aliphatic carbocycles. The number of benzene rings is 2. The van der Waals surface area contributed by atoms with E-state index >= 15 is 0 Å². The smallest absolute Gasteiger partial charge is 0.420 e. The van der Waals surface area contributed by atoms with Crippen LogP contribution < -0.4 is 4.74 Å². The molecule has 33 heavy (non-hydrogen) atoms. The Bertz CT molecular complexity index is 983. The van der Waals surface area contributed by atoms with E-state index in [2.05, 4.69) is 11.8 Å². The Morgan fingerprint density at radius 3 is 2.55 bits per heavy atom. The first-order valence-corrected chi connectivity index (χ1v) is 11.9. The van der Waals surface area contributed by atoms with Crippen LogP contribution in [0.15, 0.2) is 30.3 Å². The molecule has 1 aliphatic heterocycles. The lowest BCUT2D eigenvalue weighted by molar-refractivity contribution is -0.139. The van der Waals surface area contributed by atoms with E-state index in [1.165, 1.54) is 6.07 Å². The highest BCUT2D eigenvalue weighted by Crippen LogP contribution is 2.43. The minimum atomic E-state index is -4.52. The highest BCUT2D eigenvalue weighted by atomic mass is 19.4. The Kier molecular flexibility index (Phi) is 7.17. The Hall–Kier alpha value is -2.28. The van der Waals surface area contributed by atoms with Crippen molar-refractivity contribution in [1.29, 1.82) is 0 Å². The van der Waals surface area contributed by atoms with Crippen LogP contribution in [0.3, 0.4) is 0 Å². The fraction of sp³-hybridized carbons (Fsp3) is 0.577. The van der Waals surface area contributed by atoms with Gasteiger partial charge < -0.3 is 9.84 Å². The van der Waals surface area contributed by atoms with E-state index in [4.69, 9.17) is 9.84 Å². The molecule has 4 rings (SSSR count). The SMILES string of the molecule is CC1CCC(Oc2ccc3ccc(CN4CCCC(CC(=O)O)C4)cc3c2C(F)(F)F)CC1. The van der Waals surface area contributed by atoms with Gasteiger partial charge in [-0.1, -0.05) is 25.1 Å². The van der Waals surface area contributed by atoms with Gasteiger partial charge in [0.15, 0.2) is 0 Å². The van der Waals surface area contributed by atoms with Crippen molar-refractivity contribution in [3.63, 3.8) is 0 Å². The fourth-order valence-corrected chi connectivity index (χ4v) is 5.33. The van der Waals surface area contributed by atoms with Gasteiger partial charge in [0.1, 0.15) is 11.3 Å². The van der Waals surface area contributed by atoms with Crippen LogP contribution in [0, 0.1) is 11.8 Å². The minimum absolute atomic E-state index is 0.0776. The summed E-state index contributed by atoms with van der Waals surface area (Å²) in [6, 6.07) is 8.41. The first kappa shape index (κ1) is 23.9. The van der Waals surface area contributed by atoms with Crippen LogP contribution in [0.2, 0.25) is 0 Å². The lowest BCUT2D eigenvalue weighted by Gasteiger charge is -2.32. The third-order valence-electron chi connectivity index (χ3n) is 7.06. The van der Waals surface area contributed by atoms with Gasteiger partial charge in [0, 0.05) is 19.5 Å². The molecule has 0 radical (unpaired) electrons. The quantitative estimate of drug-likeness (QED) is 0.531. The van der Waals surface area contributed by atoms with Crippen molar-refractivity contribution in [2.24, 2.45) is 11.8 Å². The number of ether oxygens (including phenoxy) is 1. The van der Waals surface area contributed by atoms with Crippen LogP contribution in [0.1, 0.15) is 63.0 Å². The molecule has 0 bridgehead atoms. The van der Waals surface area contributed by atoms with Crippen molar-refractivity contribution in [1.82, 2.24) is 4.90 Å². The molecule has 0 amide bonds. The zero-order valence-corrected chi connectivity index (χ0v) is 19.0. The molecule has 2 aliphatic rings. The Morgan fingerprint density at radius 1 is 1.12 bits per heavy atom. The van der Waals surface area contributed by atoms with Gasteiger partial charge in [0.25, 0.3) is 0 Å². The van der Waals surface area contributed by atoms with Gasteiger partial charge >= 0.3 is 12.1 Å². The number of hydrogen-bond acceptors (Lipinski definition) is 3. The second kappa shape index (κ2) is 9.92. The number of carbonyl (C=O) groups is 1. The van der Waals surface area contributed by atoms with Crippen molar-refractivity contribution in [3.05, 3.63) is 41.5 Å². The van der Waals surface area contributed by atoms with Crippen molar-refractivity contribution >= 4 is 16.7 Å². The van der Waals surface area contributed by atoms with Crippen molar-refractivity contribution in [3.8, 4) is 5.75 Å². The average molecular weight is 464 g/mol. The standard InChI is InChI=1S/C26H32F3NO3/c1-17-4-9-21(10-5-17)33-23-11-8-20-7-6-19(13-22(20)25(23)26(27,28)29)16-30-12-2-3-18(15-30)14-24(31)32/h6-8,11,13,17-18,21H,2-5,9-10,12,14-16H2,1H3,(H,31,32). The number of fused-ring (bicyclic) bond motifs is 1. The average Bonchev–Trinajstić information content (AvgIpc) is 2.74. The van der Waals surface area contributed by atoms with Crippen molar-refractivity contribution in [2.45, 2.75) is 70.7 Å². The molecule has 2 fully saturated rings. The number of nitrogens with zero attached hydrogens (tertiary/aromatic N) is 1. The number of alkyl halides is 3. The molecule has 1 heterocycles. The maximum atomic E-state index is 14.2. The monoisotopic (exact) mass is 463 g/mol.